The zero-order chi connectivity index (χ0) is 27.4. The van der Waals surface area contributed by atoms with Gasteiger partial charge in [0.2, 0.25) is 5.91 Å². The van der Waals surface area contributed by atoms with Crippen molar-refractivity contribution >= 4 is 20.0 Å². The first kappa shape index (κ1) is 29.5. The van der Waals surface area contributed by atoms with Crippen molar-refractivity contribution in [2.24, 2.45) is 0 Å². The van der Waals surface area contributed by atoms with Crippen LogP contribution >= 0.6 is 0 Å². The van der Waals surface area contributed by atoms with E-state index < -0.39 is 62.5 Å². The lowest BCUT2D eigenvalue weighted by molar-refractivity contribution is -0.341. The Kier molecular flexibility index (Phi) is 9.72. The maximum atomic E-state index is 13.0. The monoisotopic (exact) mass is 541 g/mol. The molecule has 0 bridgehead atoms. The summed E-state index contributed by atoms with van der Waals surface area (Å²) < 4.78 is 34.3. The van der Waals surface area contributed by atoms with E-state index in [4.69, 9.17) is 28.4 Å². The molecule has 0 radical (unpaired) electrons. The van der Waals surface area contributed by atoms with Gasteiger partial charge in [0.05, 0.1) is 33.0 Å². The van der Waals surface area contributed by atoms with Crippen LogP contribution in [0.25, 0.3) is 0 Å². The van der Waals surface area contributed by atoms with E-state index in [1.165, 1.54) is 14.0 Å². The molecular formula is C25H39NO10Si. The fourth-order valence-electron chi connectivity index (χ4n) is 4.39. The van der Waals surface area contributed by atoms with Crippen molar-refractivity contribution in [1.82, 2.24) is 5.32 Å². The van der Waals surface area contributed by atoms with E-state index in [0.717, 1.165) is 6.04 Å². The largest absolute Gasteiger partial charge is 0.497 e. The van der Waals surface area contributed by atoms with Crippen molar-refractivity contribution in [3.63, 3.8) is 0 Å². The van der Waals surface area contributed by atoms with Gasteiger partial charge in [-0.1, -0.05) is 31.8 Å². The van der Waals surface area contributed by atoms with Crippen LogP contribution in [0.3, 0.4) is 0 Å². The smallest absolute Gasteiger partial charge is 0.366 e. The molecule has 7 atom stereocenters. The number of rotatable bonds is 9. The lowest BCUT2D eigenvalue weighted by Gasteiger charge is -2.49. The van der Waals surface area contributed by atoms with Crippen LogP contribution in [0.5, 0.6) is 5.75 Å². The second kappa shape index (κ2) is 12.2. The predicted octanol–water partition coefficient (Wildman–Crippen LogP) is 1.35. The van der Waals surface area contributed by atoms with Gasteiger partial charge in [0, 0.05) is 33.6 Å². The molecule has 3 rings (SSSR count). The topological polar surface area (TPSA) is 142 Å². The highest BCUT2D eigenvalue weighted by Crippen LogP contribution is 2.38. The van der Waals surface area contributed by atoms with Crippen molar-refractivity contribution < 1.29 is 48.2 Å². The van der Waals surface area contributed by atoms with Crippen LogP contribution < -0.4 is 10.1 Å². The first-order valence-electron chi connectivity index (χ1n) is 12.3. The lowest BCUT2D eigenvalue weighted by Crippen LogP contribution is -2.69. The Hall–Kier alpha value is -2.06. The third-order valence-electron chi connectivity index (χ3n) is 6.42. The summed E-state index contributed by atoms with van der Waals surface area (Å²) in [6.45, 7) is 7.90. The molecule has 11 nitrogen and oxygen atoms in total. The molecule has 0 aromatic heterocycles. The van der Waals surface area contributed by atoms with Gasteiger partial charge in [0.15, 0.2) is 6.29 Å². The molecule has 1 unspecified atom stereocenters. The van der Waals surface area contributed by atoms with Crippen LogP contribution in [-0.2, 0) is 33.3 Å². The molecule has 0 aliphatic carbocycles. The highest BCUT2D eigenvalue weighted by Gasteiger charge is 2.57. The standard InChI is InChI=1S/C25H39NO10Si/c1-15(27)26-20-18(28)13-25(24(30)32-3,34-11-12-37(4,5)6)36-22(20)21-19(29)14-33-23(35-21)16-7-9-17(31-2)10-8-16/h7-10,18-23,28-29H,11-14H2,1-6H3,(H,26,27)/t18-,19+,20+,21+,22+,23?,25+/m0/s1. The van der Waals surface area contributed by atoms with E-state index in [1.54, 1.807) is 31.4 Å². The summed E-state index contributed by atoms with van der Waals surface area (Å²) >= 11 is 0. The molecule has 2 heterocycles. The number of carbonyl (C=O) groups is 2. The van der Waals surface area contributed by atoms with Crippen molar-refractivity contribution in [1.29, 1.82) is 0 Å². The zero-order valence-electron chi connectivity index (χ0n) is 22.3. The number of methoxy groups -OCH3 is 2. The van der Waals surface area contributed by atoms with Gasteiger partial charge in [-0.25, -0.2) is 4.79 Å². The highest BCUT2D eigenvalue weighted by atomic mass is 28.3. The second-order valence-corrected chi connectivity index (χ2v) is 16.2. The van der Waals surface area contributed by atoms with Crippen molar-refractivity contribution in [2.75, 3.05) is 27.4 Å². The molecule has 2 aliphatic rings. The molecular weight excluding hydrogens is 502 g/mol. The van der Waals surface area contributed by atoms with Gasteiger partial charge in [0.25, 0.3) is 5.79 Å². The van der Waals surface area contributed by atoms with Gasteiger partial charge in [-0.3, -0.25) is 4.79 Å². The Balaban J connectivity index is 1.92. The van der Waals surface area contributed by atoms with E-state index in [-0.39, 0.29) is 19.6 Å². The van der Waals surface area contributed by atoms with Gasteiger partial charge in [-0.15, -0.1) is 0 Å². The molecule has 208 valence electrons. The average Bonchev–Trinajstić information content (AvgIpc) is 2.84. The number of ether oxygens (including phenoxy) is 6. The molecule has 2 fully saturated rings. The Labute approximate surface area is 218 Å². The molecule has 0 saturated carbocycles. The zero-order valence-corrected chi connectivity index (χ0v) is 23.3. The summed E-state index contributed by atoms with van der Waals surface area (Å²) in [5.74, 6) is -2.53. The van der Waals surface area contributed by atoms with Crippen LogP contribution in [-0.4, -0.2) is 93.8 Å². The lowest BCUT2D eigenvalue weighted by atomic mass is 9.88. The minimum Gasteiger partial charge on any atom is -0.497 e. The van der Waals surface area contributed by atoms with Crippen LogP contribution in [0.1, 0.15) is 25.2 Å². The predicted molar refractivity (Wildman–Crippen MR) is 135 cm³/mol. The van der Waals surface area contributed by atoms with E-state index in [9.17, 15) is 19.8 Å². The number of carbonyl (C=O) groups excluding carboxylic acids is 2. The summed E-state index contributed by atoms with van der Waals surface area (Å²) in [7, 11) is 1.23. The number of nitrogens with one attached hydrogen (secondary N) is 1. The highest BCUT2D eigenvalue weighted by molar-refractivity contribution is 6.76. The number of esters is 1. The molecule has 0 spiro atoms. The van der Waals surface area contributed by atoms with Crippen molar-refractivity contribution in [2.45, 2.75) is 81.6 Å². The van der Waals surface area contributed by atoms with Crippen LogP contribution in [0.15, 0.2) is 24.3 Å². The van der Waals surface area contributed by atoms with Crippen LogP contribution in [0, 0.1) is 0 Å². The molecule has 1 amide bonds. The van der Waals surface area contributed by atoms with E-state index in [0.29, 0.717) is 11.3 Å². The Morgan fingerprint density at radius 2 is 1.78 bits per heavy atom. The van der Waals surface area contributed by atoms with Crippen molar-refractivity contribution in [3.05, 3.63) is 29.8 Å². The Bertz CT molecular complexity index is 923. The third kappa shape index (κ3) is 7.28. The van der Waals surface area contributed by atoms with Crippen LogP contribution in [0.2, 0.25) is 25.7 Å². The van der Waals surface area contributed by atoms with E-state index in [2.05, 4.69) is 25.0 Å². The van der Waals surface area contributed by atoms with E-state index >= 15 is 0 Å². The molecule has 1 aromatic carbocycles. The van der Waals surface area contributed by atoms with Gasteiger partial charge in [0.1, 0.15) is 24.1 Å². The fourth-order valence-corrected chi connectivity index (χ4v) is 5.11. The summed E-state index contributed by atoms with van der Waals surface area (Å²) in [5, 5.41) is 24.7. The summed E-state index contributed by atoms with van der Waals surface area (Å²) in [5.41, 5.74) is 0.663. The third-order valence-corrected chi connectivity index (χ3v) is 8.12. The molecule has 12 heteroatoms. The maximum absolute atomic E-state index is 13.0. The average molecular weight is 542 g/mol. The first-order valence-corrected chi connectivity index (χ1v) is 16.0. The van der Waals surface area contributed by atoms with Crippen molar-refractivity contribution in [3.8, 4) is 5.75 Å². The molecule has 37 heavy (non-hydrogen) atoms. The fraction of sp³-hybridized carbons (Fsp3) is 0.680. The van der Waals surface area contributed by atoms with Gasteiger partial charge >= 0.3 is 5.97 Å². The molecule has 3 N–H and O–H groups in total. The Morgan fingerprint density at radius 3 is 2.35 bits per heavy atom. The first-order chi connectivity index (χ1) is 17.4. The summed E-state index contributed by atoms with van der Waals surface area (Å²) in [4.78, 5) is 25.0. The maximum Gasteiger partial charge on any atom is 0.366 e. The number of hydrogen-bond donors (Lipinski definition) is 3. The van der Waals surface area contributed by atoms with Gasteiger partial charge in [-0.05, 0) is 18.2 Å². The summed E-state index contributed by atoms with van der Waals surface area (Å²) in [6.07, 6.45) is -5.84. The number of hydrogen-bond acceptors (Lipinski definition) is 10. The number of aliphatic hydroxyl groups is 2. The minimum absolute atomic E-state index is 0.105. The minimum atomic E-state index is -1.94. The summed E-state index contributed by atoms with van der Waals surface area (Å²) in [6, 6.07) is 6.76. The molecule has 1 aromatic rings. The quantitative estimate of drug-likeness (QED) is 0.310. The molecule has 2 saturated heterocycles. The van der Waals surface area contributed by atoms with E-state index in [1.807, 2.05) is 0 Å². The Morgan fingerprint density at radius 1 is 1.11 bits per heavy atom. The van der Waals surface area contributed by atoms with Gasteiger partial charge < -0.3 is 44.0 Å². The van der Waals surface area contributed by atoms with Gasteiger partial charge in [-0.2, -0.15) is 0 Å². The molecule has 2 aliphatic heterocycles. The number of aliphatic hydroxyl groups excluding tert-OH is 2. The number of amides is 1. The SMILES string of the molecule is COC(=O)[C@@]1(OCC[Si](C)(C)C)C[C@H](O)[C@@H](NC(C)=O)[C@H]([C@@H]2OC(c3ccc(OC)cc3)OC[C@H]2O)O1. The second-order valence-electron chi connectivity index (χ2n) is 10.6. The number of benzene rings is 1. The van der Waals surface area contributed by atoms with Crippen LogP contribution in [0.4, 0.5) is 0 Å². The normalized spacial score (nSPS) is 32.4.